The first-order valence-corrected chi connectivity index (χ1v) is 9.54. The summed E-state index contributed by atoms with van der Waals surface area (Å²) in [4.78, 5) is 19.8. The van der Waals surface area contributed by atoms with E-state index in [4.69, 9.17) is 4.74 Å². The fraction of sp³-hybridized carbons (Fsp3) is 0.211. The molecule has 28 heavy (non-hydrogen) atoms. The monoisotopic (exact) mass is 394 g/mol. The highest BCUT2D eigenvalue weighted by Crippen LogP contribution is 2.34. The van der Waals surface area contributed by atoms with Crippen LogP contribution in [0, 0.1) is 6.92 Å². The second-order valence-corrected chi connectivity index (χ2v) is 7.58. The summed E-state index contributed by atoms with van der Waals surface area (Å²) in [6.07, 6.45) is 0. The number of methoxy groups -OCH3 is 1. The van der Waals surface area contributed by atoms with Crippen LogP contribution in [-0.4, -0.2) is 37.3 Å². The molecule has 0 unspecified atom stereocenters. The van der Waals surface area contributed by atoms with E-state index >= 15 is 0 Å². The number of tetrazole rings is 1. The summed E-state index contributed by atoms with van der Waals surface area (Å²) in [5.41, 5.74) is 2.32. The number of fused-ring (bicyclic) bond motifs is 1. The van der Waals surface area contributed by atoms with Crippen molar-refractivity contribution in [2.75, 3.05) is 7.11 Å². The Bertz CT molecular complexity index is 1200. The Morgan fingerprint density at radius 2 is 2.04 bits per heavy atom. The fourth-order valence-electron chi connectivity index (χ4n) is 2.88. The summed E-state index contributed by atoms with van der Waals surface area (Å²) in [6.45, 7) is 3.94. The summed E-state index contributed by atoms with van der Waals surface area (Å²) >= 11 is 1.41. The third-order valence-corrected chi connectivity index (χ3v) is 5.34. The molecule has 0 radical (unpaired) electrons. The molecule has 4 aromatic rings. The molecular formula is C19H18N6O2S. The van der Waals surface area contributed by atoms with E-state index in [1.54, 1.807) is 17.9 Å². The summed E-state index contributed by atoms with van der Waals surface area (Å²) in [6, 6.07) is 13.1. The van der Waals surface area contributed by atoms with Crippen LogP contribution in [0.25, 0.3) is 16.6 Å². The van der Waals surface area contributed by atoms with Crippen LogP contribution in [0.5, 0.6) is 5.75 Å². The number of benzene rings is 2. The first-order chi connectivity index (χ1) is 13.6. The first kappa shape index (κ1) is 18.2. The highest BCUT2D eigenvalue weighted by Gasteiger charge is 2.19. The molecule has 9 heteroatoms. The van der Waals surface area contributed by atoms with Gasteiger partial charge in [-0.2, -0.15) is 4.68 Å². The van der Waals surface area contributed by atoms with E-state index in [0.29, 0.717) is 27.6 Å². The van der Waals surface area contributed by atoms with Crippen molar-refractivity contribution < 1.29 is 4.74 Å². The van der Waals surface area contributed by atoms with Crippen molar-refractivity contribution in [2.45, 2.75) is 24.3 Å². The Morgan fingerprint density at radius 3 is 2.86 bits per heavy atom. The Hall–Kier alpha value is -3.20. The number of ether oxygens (including phenoxy) is 1. The highest BCUT2D eigenvalue weighted by molar-refractivity contribution is 7.99. The standard InChI is InChI=1S/C19H18N6O2S/c1-11-8-9-16(27-3)15(10-11)25-19(22-23-24-25)28-12(2)17-20-14-7-5-4-6-13(14)18(26)21-17/h4-10,12H,1-3H3,(H,20,21,26)/t12-/m1/s1. The summed E-state index contributed by atoms with van der Waals surface area (Å²) in [7, 11) is 1.61. The van der Waals surface area contributed by atoms with Gasteiger partial charge in [-0.3, -0.25) is 4.79 Å². The van der Waals surface area contributed by atoms with Gasteiger partial charge in [0.05, 0.1) is 23.3 Å². The number of hydrogen-bond acceptors (Lipinski definition) is 7. The van der Waals surface area contributed by atoms with Crippen molar-refractivity contribution in [1.82, 2.24) is 30.2 Å². The van der Waals surface area contributed by atoms with Gasteiger partial charge in [0, 0.05) is 0 Å². The molecule has 0 saturated heterocycles. The van der Waals surface area contributed by atoms with Crippen molar-refractivity contribution in [2.24, 2.45) is 0 Å². The average molecular weight is 394 g/mol. The van der Waals surface area contributed by atoms with E-state index in [1.165, 1.54) is 11.8 Å². The Balaban J connectivity index is 1.69. The van der Waals surface area contributed by atoms with Gasteiger partial charge in [0.15, 0.2) is 0 Å². The molecule has 0 spiro atoms. The molecule has 0 amide bonds. The second kappa shape index (κ2) is 7.43. The number of aryl methyl sites for hydroxylation is 1. The molecule has 142 valence electrons. The van der Waals surface area contributed by atoms with E-state index in [9.17, 15) is 4.79 Å². The van der Waals surface area contributed by atoms with Crippen LogP contribution in [0.15, 0.2) is 52.4 Å². The number of hydrogen-bond donors (Lipinski definition) is 1. The second-order valence-electron chi connectivity index (χ2n) is 6.28. The van der Waals surface area contributed by atoms with Gasteiger partial charge < -0.3 is 9.72 Å². The number of rotatable bonds is 5. The SMILES string of the molecule is COc1ccc(C)cc1-n1nnnc1S[C@H](C)c1nc2ccccc2c(=O)[nH]1. The number of thioether (sulfide) groups is 1. The number of para-hydroxylation sites is 1. The topological polar surface area (TPSA) is 98.6 Å². The minimum atomic E-state index is -0.169. The van der Waals surface area contributed by atoms with Gasteiger partial charge >= 0.3 is 0 Å². The van der Waals surface area contributed by atoms with Crippen LogP contribution in [0.4, 0.5) is 0 Å². The molecule has 2 aromatic heterocycles. The molecule has 8 nitrogen and oxygen atoms in total. The van der Waals surface area contributed by atoms with Crippen molar-refractivity contribution >= 4 is 22.7 Å². The number of aromatic nitrogens is 6. The van der Waals surface area contributed by atoms with E-state index < -0.39 is 0 Å². The maximum Gasteiger partial charge on any atom is 0.258 e. The predicted octanol–water partition coefficient (Wildman–Crippen LogP) is 3.07. The lowest BCUT2D eigenvalue weighted by Crippen LogP contribution is -2.13. The Labute approximate surface area is 165 Å². The fourth-order valence-corrected chi connectivity index (χ4v) is 3.74. The maximum absolute atomic E-state index is 12.3. The van der Waals surface area contributed by atoms with E-state index in [2.05, 4.69) is 25.5 Å². The van der Waals surface area contributed by atoms with Crippen molar-refractivity contribution in [3.8, 4) is 11.4 Å². The zero-order valence-corrected chi connectivity index (χ0v) is 16.4. The minimum absolute atomic E-state index is 0.159. The van der Waals surface area contributed by atoms with Crippen LogP contribution < -0.4 is 10.3 Å². The normalized spacial score (nSPS) is 12.2. The smallest absolute Gasteiger partial charge is 0.258 e. The first-order valence-electron chi connectivity index (χ1n) is 8.66. The summed E-state index contributed by atoms with van der Waals surface area (Å²) < 4.78 is 7.08. The lowest BCUT2D eigenvalue weighted by molar-refractivity contribution is 0.410. The molecule has 0 fully saturated rings. The van der Waals surface area contributed by atoms with Crippen molar-refractivity contribution in [3.05, 3.63) is 64.2 Å². The van der Waals surface area contributed by atoms with Crippen LogP contribution in [0.1, 0.15) is 23.6 Å². The molecule has 0 bridgehead atoms. The Morgan fingerprint density at radius 1 is 1.21 bits per heavy atom. The van der Waals surface area contributed by atoms with Crippen LogP contribution in [-0.2, 0) is 0 Å². The zero-order chi connectivity index (χ0) is 19.7. The largest absolute Gasteiger partial charge is 0.494 e. The van der Waals surface area contributed by atoms with Crippen LogP contribution in [0.3, 0.4) is 0 Å². The van der Waals surface area contributed by atoms with Gasteiger partial charge in [0.25, 0.3) is 5.56 Å². The number of nitrogens with one attached hydrogen (secondary N) is 1. The molecule has 0 saturated carbocycles. The number of aromatic amines is 1. The number of H-pyrrole nitrogens is 1. The molecule has 4 rings (SSSR count). The van der Waals surface area contributed by atoms with Gasteiger partial charge in [-0.05, 0) is 54.1 Å². The van der Waals surface area contributed by atoms with E-state index in [-0.39, 0.29) is 10.8 Å². The molecule has 1 atom stereocenters. The molecule has 0 aliphatic carbocycles. The van der Waals surface area contributed by atoms with Gasteiger partial charge in [-0.1, -0.05) is 30.0 Å². The Kier molecular flexibility index (Phi) is 4.82. The highest BCUT2D eigenvalue weighted by atomic mass is 32.2. The maximum atomic E-state index is 12.3. The van der Waals surface area contributed by atoms with Gasteiger partial charge in [-0.25, -0.2) is 4.98 Å². The molecule has 2 aromatic carbocycles. The summed E-state index contributed by atoms with van der Waals surface area (Å²) in [5.74, 6) is 1.24. The average Bonchev–Trinajstić information content (AvgIpc) is 3.15. The minimum Gasteiger partial charge on any atom is -0.494 e. The van der Waals surface area contributed by atoms with Gasteiger partial charge in [0.2, 0.25) is 5.16 Å². The predicted molar refractivity (Wildman–Crippen MR) is 107 cm³/mol. The lowest BCUT2D eigenvalue weighted by atomic mass is 10.2. The zero-order valence-electron chi connectivity index (χ0n) is 15.6. The number of nitrogens with zero attached hydrogens (tertiary/aromatic N) is 5. The van der Waals surface area contributed by atoms with Crippen molar-refractivity contribution in [3.63, 3.8) is 0 Å². The van der Waals surface area contributed by atoms with Crippen LogP contribution in [0.2, 0.25) is 0 Å². The molecule has 2 heterocycles. The van der Waals surface area contributed by atoms with Gasteiger partial charge in [0.1, 0.15) is 17.3 Å². The third kappa shape index (κ3) is 3.36. The van der Waals surface area contributed by atoms with Crippen LogP contribution >= 0.6 is 11.8 Å². The molecule has 1 N–H and O–H groups in total. The van der Waals surface area contributed by atoms with Crippen molar-refractivity contribution in [1.29, 1.82) is 0 Å². The molecule has 0 aliphatic rings. The molecule has 0 aliphatic heterocycles. The quantitative estimate of drug-likeness (QED) is 0.519. The molecular weight excluding hydrogens is 376 g/mol. The van der Waals surface area contributed by atoms with Gasteiger partial charge in [-0.15, -0.1) is 5.10 Å². The third-order valence-electron chi connectivity index (χ3n) is 4.30. The lowest BCUT2D eigenvalue weighted by Gasteiger charge is -2.13. The van der Waals surface area contributed by atoms with E-state index in [1.807, 2.05) is 50.2 Å². The van der Waals surface area contributed by atoms with E-state index in [0.717, 1.165) is 11.3 Å². The summed E-state index contributed by atoms with van der Waals surface area (Å²) in [5, 5.41) is 13.0.